The molecule has 0 aliphatic heterocycles. The molecule has 0 heterocycles. The van der Waals surface area contributed by atoms with E-state index in [4.69, 9.17) is 11.6 Å². The van der Waals surface area contributed by atoms with Gasteiger partial charge in [-0.15, -0.1) is 0 Å². The summed E-state index contributed by atoms with van der Waals surface area (Å²) in [6, 6.07) is 13.6. The number of rotatable bonds is 10. The van der Waals surface area contributed by atoms with Crippen LogP contribution in [0.2, 0.25) is 5.02 Å². The number of nitrogens with one attached hydrogen (secondary N) is 1. The molecule has 0 fully saturated rings. The third-order valence-corrected chi connectivity index (χ3v) is 6.35. The topological polar surface area (TPSA) is 66.5 Å². The van der Waals surface area contributed by atoms with Crippen LogP contribution in [0.25, 0.3) is 0 Å². The number of aryl methyl sites for hydroxylation is 2. The van der Waals surface area contributed by atoms with Gasteiger partial charge < -0.3 is 5.32 Å². The number of carbonyl (C=O) groups excluding carboxylic acids is 1. The number of nitrogens with zero attached hydrogens (tertiary/aromatic N) is 1. The summed E-state index contributed by atoms with van der Waals surface area (Å²) in [6.07, 6.45) is 3.65. The minimum atomic E-state index is -3.47. The maximum atomic E-state index is 12.2. The normalized spacial score (nSPS) is 11.3. The zero-order valence-electron chi connectivity index (χ0n) is 17.2. The Morgan fingerprint density at radius 3 is 2.41 bits per heavy atom. The largest absolute Gasteiger partial charge is 0.356 e. The summed E-state index contributed by atoms with van der Waals surface area (Å²) in [5.41, 5.74) is 3.75. The fraction of sp³-hybridized carbons (Fsp3) is 0.409. The monoisotopic (exact) mass is 436 g/mol. The lowest BCUT2D eigenvalue weighted by Gasteiger charge is -2.24. The molecule has 0 radical (unpaired) electrons. The summed E-state index contributed by atoms with van der Waals surface area (Å²) < 4.78 is 25.8. The van der Waals surface area contributed by atoms with Crippen molar-refractivity contribution in [1.29, 1.82) is 0 Å². The van der Waals surface area contributed by atoms with E-state index in [1.165, 1.54) is 21.7 Å². The SMILES string of the molecule is Cc1ccc(CCCNC(=O)CCCN(c2cccc(Cl)c2C)S(C)(=O)=O)cc1. The molecule has 0 atom stereocenters. The molecule has 0 aliphatic rings. The van der Waals surface area contributed by atoms with Crippen molar-refractivity contribution in [3.8, 4) is 0 Å². The second-order valence-corrected chi connectivity index (χ2v) is 9.58. The number of carbonyl (C=O) groups is 1. The van der Waals surface area contributed by atoms with E-state index < -0.39 is 10.0 Å². The summed E-state index contributed by atoms with van der Waals surface area (Å²) >= 11 is 6.13. The maximum Gasteiger partial charge on any atom is 0.232 e. The summed E-state index contributed by atoms with van der Waals surface area (Å²) in [5.74, 6) is -0.0647. The maximum absolute atomic E-state index is 12.2. The van der Waals surface area contributed by atoms with E-state index in [2.05, 4.69) is 36.5 Å². The number of amides is 1. The fourth-order valence-electron chi connectivity index (χ4n) is 3.08. The molecule has 2 aromatic carbocycles. The number of hydrogen-bond donors (Lipinski definition) is 1. The van der Waals surface area contributed by atoms with Gasteiger partial charge in [-0.3, -0.25) is 9.10 Å². The first kappa shape index (κ1) is 23.2. The second-order valence-electron chi connectivity index (χ2n) is 7.26. The van der Waals surface area contributed by atoms with Crippen LogP contribution in [0.3, 0.4) is 0 Å². The van der Waals surface area contributed by atoms with Gasteiger partial charge in [-0.25, -0.2) is 8.42 Å². The molecule has 1 amide bonds. The third kappa shape index (κ3) is 7.37. The molecule has 7 heteroatoms. The Labute approximate surface area is 179 Å². The van der Waals surface area contributed by atoms with Crippen LogP contribution >= 0.6 is 11.6 Å². The Morgan fingerprint density at radius 1 is 1.07 bits per heavy atom. The molecule has 0 saturated heterocycles. The average molecular weight is 437 g/mol. The molecule has 0 spiro atoms. The lowest BCUT2D eigenvalue weighted by molar-refractivity contribution is -0.121. The Hall–Kier alpha value is -2.05. The van der Waals surface area contributed by atoms with E-state index >= 15 is 0 Å². The van der Waals surface area contributed by atoms with Crippen molar-refractivity contribution in [1.82, 2.24) is 5.32 Å². The Morgan fingerprint density at radius 2 is 1.76 bits per heavy atom. The van der Waals surface area contributed by atoms with E-state index in [9.17, 15) is 13.2 Å². The highest BCUT2D eigenvalue weighted by Crippen LogP contribution is 2.28. The second kappa shape index (κ2) is 10.6. The molecular formula is C22H29ClN2O3S. The van der Waals surface area contributed by atoms with Gasteiger partial charge in [0.1, 0.15) is 0 Å². The van der Waals surface area contributed by atoms with Gasteiger partial charge in [-0.05, 0) is 56.4 Å². The molecule has 0 unspecified atom stereocenters. The number of hydrogen-bond acceptors (Lipinski definition) is 3. The number of anilines is 1. The van der Waals surface area contributed by atoms with Crippen LogP contribution in [0.1, 0.15) is 36.0 Å². The molecule has 2 aromatic rings. The van der Waals surface area contributed by atoms with E-state index in [1.807, 2.05) is 0 Å². The highest BCUT2D eigenvalue weighted by Gasteiger charge is 2.20. The predicted molar refractivity (Wildman–Crippen MR) is 120 cm³/mol. The van der Waals surface area contributed by atoms with Gasteiger partial charge in [0, 0.05) is 24.5 Å². The van der Waals surface area contributed by atoms with E-state index in [1.54, 1.807) is 25.1 Å². The highest BCUT2D eigenvalue weighted by atomic mass is 35.5. The van der Waals surface area contributed by atoms with Crippen molar-refractivity contribution in [2.45, 2.75) is 39.5 Å². The minimum Gasteiger partial charge on any atom is -0.356 e. The zero-order valence-corrected chi connectivity index (χ0v) is 18.8. The predicted octanol–water partition coefficient (Wildman–Crippen LogP) is 4.25. The quantitative estimate of drug-likeness (QED) is 0.566. The van der Waals surface area contributed by atoms with E-state index in [0.717, 1.165) is 12.8 Å². The van der Waals surface area contributed by atoms with Crippen molar-refractivity contribution < 1.29 is 13.2 Å². The summed E-state index contributed by atoms with van der Waals surface area (Å²) in [4.78, 5) is 12.1. The molecule has 158 valence electrons. The van der Waals surface area contributed by atoms with Crippen LogP contribution in [0.4, 0.5) is 5.69 Å². The summed E-state index contributed by atoms with van der Waals surface area (Å²) in [7, 11) is -3.47. The zero-order chi connectivity index (χ0) is 21.4. The number of sulfonamides is 1. The first-order valence-electron chi connectivity index (χ1n) is 9.73. The average Bonchev–Trinajstić information content (AvgIpc) is 2.65. The number of benzene rings is 2. The van der Waals surface area contributed by atoms with Gasteiger partial charge in [0.15, 0.2) is 0 Å². The molecular weight excluding hydrogens is 408 g/mol. The van der Waals surface area contributed by atoms with Crippen LogP contribution in [-0.2, 0) is 21.2 Å². The van der Waals surface area contributed by atoms with Crippen LogP contribution < -0.4 is 9.62 Å². The lowest BCUT2D eigenvalue weighted by atomic mass is 10.1. The van der Waals surface area contributed by atoms with Crippen molar-refractivity contribution >= 4 is 33.2 Å². The molecule has 0 bridgehead atoms. The van der Waals surface area contributed by atoms with Gasteiger partial charge in [-0.2, -0.15) is 0 Å². The molecule has 2 rings (SSSR count). The van der Waals surface area contributed by atoms with Crippen molar-refractivity contribution in [2.75, 3.05) is 23.7 Å². The van der Waals surface area contributed by atoms with Crippen LogP contribution in [-0.4, -0.2) is 33.7 Å². The Bertz CT molecular complexity index is 928. The molecule has 29 heavy (non-hydrogen) atoms. The summed E-state index contributed by atoms with van der Waals surface area (Å²) in [6.45, 7) is 4.69. The van der Waals surface area contributed by atoms with Crippen molar-refractivity contribution in [2.24, 2.45) is 0 Å². The molecule has 0 aliphatic carbocycles. The van der Waals surface area contributed by atoms with Crippen LogP contribution in [0.15, 0.2) is 42.5 Å². The highest BCUT2D eigenvalue weighted by molar-refractivity contribution is 7.92. The summed E-state index contributed by atoms with van der Waals surface area (Å²) in [5, 5.41) is 3.43. The third-order valence-electron chi connectivity index (χ3n) is 4.76. The molecule has 1 N–H and O–H groups in total. The first-order chi connectivity index (χ1) is 13.7. The van der Waals surface area contributed by atoms with Crippen molar-refractivity contribution in [3.63, 3.8) is 0 Å². The molecule has 0 saturated carbocycles. The van der Waals surface area contributed by atoms with Crippen molar-refractivity contribution in [3.05, 3.63) is 64.2 Å². The van der Waals surface area contributed by atoms with Crippen LogP contribution in [0, 0.1) is 13.8 Å². The van der Waals surface area contributed by atoms with E-state index in [0.29, 0.717) is 29.2 Å². The standard InChI is InChI=1S/C22H29ClN2O3S/c1-17-11-13-19(14-12-17)7-5-15-24-22(26)10-6-16-25(29(3,27)28)21-9-4-8-20(23)18(21)2/h4,8-9,11-14H,5-7,10,15-16H2,1-3H3,(H,24,26). The number of halogens is 1. The Kier molecular flexibility index (Phi) is 8.53. The Balaban J connectivity index is 1.79. The molecule has 0 aromatic heterocycles. The molecule has 5 nitrogen and oxygen atoms in total. The first-order valence-corrected chi connectivity index (χ1v) is 12.0. The van der Waals surface area contributed by atoms with Crippen LogP contribution in [0.5, 0.6) is 0 Å². The van der Waals surface area contributed by atoms with Gasteiger partial charge >= 0.3 is 0 Å². The lowest BCUT2D eigenvalue weighted by Crippen LogP contribution is -2.32. The van der Waals surface area contributed by atoms with Gasteiger partial charge in [0.25, 0.3) is 0 Å². The van der Waals surface area contributed by atoms with Gasteiger partial charge in [0.05, 0.1) is 11.9 Å². The van der Waals surface area contributed by atoms with E-state index in [-0.39, 0.29) is 18.9 Å². The van der Waals surface area contributed by atoms with Gasteiger partial charge in [-0.1, -0.05) is 47.5 Å². The fourth-order valence-corrected chi connectivity index (χ4v) is 4.26. The minimum absolute atomic E-state index is 0.0647. The van der Waals surface area contributed by atoms with Gasteiger partial charge in [0.2, 0.25) is 15.9 Å². The smallest absolute Gasteiger partial charge is 0.232 e.